The van der Waals surface area contributed by atoms with Crippen molar-refractivity contribution < 1.29 is 4.79 Å². The van der Waals surface area contributed by atoms with E-state index in [0.717, 1.165) is 12.0 Å². The number of nitriles is 1. The molecule has 0 aliphatic carbocycles. The molecule has 0 aromatic heterocycles. The van der Waals surface area contributed by atoms with Crippen LogP contribution in [0, 0.1) is 24.2 Å². The first-order chi connectivity index (χ1) is 7.19. The quantitative estimate of drug-likeness (QED) is 0.702. The van der Waals surface area contributed by atoms with Gasteiger partial charge in [-0.1, -0.05) is 43.2 Å². The van der Waals surface area contributed by atoms with Crippen molar-refractivity contribution in [3.05, 3.63) is 35.4 Å². The lowest BCUT2D eigenvalue weighted by molar-refractivity contribution is 0.0943. The number of benzene rings is 1. The summed E-state index contributed by atoms with van der Waals surface area (Å²) in [5, 5.41) is 8.87. The molecular weight excluding hydrogens is 186 g/mol. The Kier molecular flexibility index (Phi) is 4.05. The van der Waals surface area contributed by atoms with Crippen LogP contribution in [0.1, 0.15) is 35.7 Å². The van der Waals surface area contributed by atoms with Crippen LogP contribution in [0.3, 0.4) is 0 Å². The fraction of sp³-hybridized carbons (Fsp3) is 0.385. The lowest BCUT2D eigenvalue weighted by Crippen LogP contribution is -2.12. The van der Waals surface area contributed by atoms with Crippen LogP contribution in [-0.2, 0) is 0 Å². The van der Waals surface area contributed by atoms with Crippen molar-refractivity contribution in [3.63, 3.8) is 0 Å². The van der Waals surface area contributed by atoms with Crippen molar-refractivity contribution in [2.75, 3.05) is 0 Å². The van der Waals surface area contributed by atoms with Crippen molar-refractivity contribution in [3.8, 4) is 6.07 Å². The molecule has 0 N–H and O–H groups in total. The first kappa shape index (κ1) is 11.5. The molecule has 0 amide bonds. The van der Waals surface area contributed by atoms with E-state index in [0.29, 0.717) is 12.0 Å². The average Bonchev–Trinajstić information content (AvgIpc) is 2.26. The van der Waals surface area contributed by atoms with E-state index in [9.17, 15) is 4.79 Å². The van der Waals surface area contributed by atoms with Crippen molar-refractivity contribution in [1.82, 2.24) is 0 Å². The number of carbonyl (C=O) groups is 1. The molecule has 0 saturated heterocycles. The second kappa shape index (κ2) is 5.31. The van der Waals surface area contributed by atoms with Gasteiger partial charge in [0.1, 0.15) is 5.92 Å². The van der Waals surface area contributed by atoms with Crippen molar-refractivity contribution in [1.29, 1.82) is 5.26 Å². The van der Waals surface area contributed by atoms with E-state index >= 15 is 0 Å². The van der Waals surface area contributed by atoms with Crippen LogP contribution in [0.2, 0.25) is 0 Å². The molecule has 2 nitrogen and oxygen atoms in total. The normalized spacial score (nSPS) is 11.8. The Labute approximate surface area is 90.5 Å². The first-order valence-corrected chi connectivity index (χ1v) is 5.19. The summed E-state index contributed by atoms with van der Waals surface area (Å²) in [5.74, 6) is -0.544. The maximum atomic E-state index is 11.9. The Bertz CT molecular complexity index is 373. The summed E-state index contributed by atoms with van der Waals surface area (Å²) in [6.07, 6.45) is 1.50. The van der Waals surface area contributed by atoms with Crippen LogP contribution < -0.4 is 0 Å². The molecule has 0 aliphatic rings. The number of hydrogen-bond donors (Lipinski definition) is 0. The van der Waals surface area contributed by atoms with Crippen LogP contribution in [0.4, 0.5) is 0 Å². The second-order valence-corrected chi connectivity index (χ2v) is 3.70. The topological polar surface area (TPSA) is 40.9 Å². The molecule has 1 aromatic rings. The molecule has 0 spiro atoms. The van der Waals surface area contributed by atoms with Gasteiger partial charge < -0.3 is 0 Å². The highest BCUT2D eigenvalue weighted by atomic mass is 16.1. The van der Waals surface area contributed by atoms with Crippen molar-refractivity contribution in [2.45, 2.75) is 26.7 Å². The van der Waals surface area contributed by atoms with Crippen LogP contribution in [0.5, 0.6) is 0 Å². The minimum atomic E-state index is -0.488. The fourth-order valence-electron chi connectivity index (χ4n) is 1.46. The van der Waals surface area contributed by atoms with Gasteiger partial charge in [0.15, 0.2) is 5.78 Å². The SMILES string of the molecule is CCCC(C#N)C(=O)c1ccc(C)cc1. The Morgan fingerprint density at radius 3 is 2.47 bits per heavy atom. The highest BCUT2D eigenvalue weighted by Crippen LogP contribution is 2.14. The van der Waals surface area contributed by atoms with E-state index in [1.807, 2.05) is 26.0 Å². The Balaban J connectivity index is 2.84. The van der Waals surface area contributed by atoms with Gasteiger partial charge in [0.2, 0.25) is 0 Å². The number of rotatable bonds is 4. The molecule has 2 heteroatoms. The van der Waals surface area contributed by atoms with E-state index in [2.05, 4.69) is 6.07 Å². The molecule has 78 valence electrons. The van der Waals surface area contributed by atoms with E-state index in [-0.39, 0.29) is 5.78 Å². The fourth-order valence-corrected chi connectivity index (χ4v) is 1.46. The number of ketones is 1. The molecule has 1 unspecified atom stereocenters. The van der Waals surface area contributed by atoms with E-state index in [4.69, 9.17) is 5.26 Å². The third kappa shape index (κ3) is 2.92. The maximum absolute atomic E-state index is 11.9. The number of hydrogen-bond acceptors (Lipinski definition) is 2. The Morgan fingerprint density at radius 2 is 2.00 bits per heavy atom. The number of Topliss-reactive ketones (excluding diaryl/α,β-unsaturated/α-hetero) is 1. The Morgan fingerprint density at radius 1 is 1.40 bits per heavy atom. The van der Waals surface area contributed by atoms with Gasteiger partial charge in [-0.05, 0) is 13.3 Å². The monoisotopic (exact) mass is 201 g/mol. The lowest BCUT2D eigenvalue weighted by Gasteiger charge is -2.06. The molecule has 1 rings (SSSR count). The summed E-state index contributed by atoms with van der Waals surface area (Å²) in [6, 6.07) is 9.44. The van der Waals surface area contributed by atoms with Gasteiger partial charge >= 0.3 is 0 Å². The molecule has 0 radical (unpaired) electrons. The number of carbonyl (C=O) groups excluding carboxylic acids is 1. The molecule has 0 fully saturated rings. The molecule has 15 heavy (non-hydrogen) atoms. The zero-order chi connectivity index (χ0) is 11.3. The number of aryl methyl sites for hydroxylation is 1. The maximum Gasteiger partial charge on any atom is 0.179 e. The van der Waals surface area contributed by atoms with E-state index in [1.54, 1.807) is 12.1 Å². The van der Waals surface area contributed by atoms with Crippen molar-refractivity contribution in [2.24, 2.45) is 5.92 Å². The molecule has 0 heterocycles. The van der Waals surface area contributed by atoms with Gasteiger partial charge in [-0.2, -0.15) is 5.26 Å². The molecule has 0 saturated carbocycles. The first-order valence-electron chi connectivity index (χ1n) is 5.19. The van der Waals surface area contributed by atoms with Gasteiger partial charge in [-0.25, -0.2) is 0 Å². The molecule has 1 aromatic carbocycles. The highest BCUT2D eigenvalue weighted by Gasteiger charge is 2.17. The molecular formula is C13H15NO. The minimum Gasteiger partial charge on any atom is -0.293 e. The minimum absolute atomic E-state index is 0.0562. The zero-order valence-electron chi connectivity index (χ0n) is 9.16. The standard InChI is InChI=1S/C13H15NO/c1-3-4-12(9-14)13(15)11-7-5-10(2)6-8-11/h5-8,12H,3-4H2,1-2H3. The van der Waals surface area contributed by atoms with Crippen LogP contribution in [0.15, 0.2) is 24.3 Å². The van der Waals surface area contributed by atoms with Gasteiger partial charge in [-0.3, -0.25) is 4.79 Å². The summed E-state index contributed by atoms with van der Waals surface area (Å²) in [7, 11) is 0. The largest absolute Gasteiger partial charge is 0.293 e. The molecule has 0 bridgehead atoms. The summed E-state index contributed by atoms with van der Waals surface area (Å²) in [4.78, 5) is 11.9. The van der Waals surface area contributed by atoms with Crippen molar-refractivity contribution >= 4 is 5.78 Å². The smallest absolute Gasteiger partial charge is 0.179 e. The van der Waals surface area contributed by atoms with Gasteiger partial charge in [-0.15, -0.1) is 0 Å². The van der Waals surface area contributed by atoms with Crippen LogP contribution >= 0.6 is 0 Å². The second-order valence-electron chi connectivity index (χ2n) is 3.70. The zero-order valence-corrected chi connectivity index (χ0v) is 9.16. The van der Waals surface area contributed by atoms with Crippen LogP contribution in [0.25, 0.3) is 0 Å². The predicted molar refractivity (Wildman–Crippen MR) is 59.5 cm³/mol. The third-order valence-electron chi connectivity index (χ3n) is 2.39. The predicted octanol–water partition coefficient (Wildman–Crippen LogP) is 3.12. The number of nitrogens with zero attached hydrogens (tertiary/aromatic N) is 1. The van der Waals surface area contributed by atoms with E-state index < -0.39 is 5.92 Å². The highest BCUT2D eigenvalue weighted by molar-refractivity contribution is 5.99. The summed E-state index contributed by atoms with van der Waals surface area (Å²) >= 11 is 0. The Hall–Kier alpha value is -1.62. The summed E-state index contributed by atoms with van der Waals surface area (Å²) < 4.78 is 0. The lowest BCUT2D eigenvalue weighted by atomic mass is 9.94. The average molecular weight is 201 g/mol. The summed E-state index contributed by atoms with van der Waals surface area (Å²) in [5.41, 5.74) is 1.76. The van der Waals surface area contributed by atoms with Crippen LogP contribution in [-0.4, -0.2) is 5.78 Å². The van der Waals surface area contributed by atoms with Gasteiger partial charge in [0.25, 0.3) is 0 Å². The van der Waals surface area contributed by atoms with Gasteiger partial charge in [0.05, 0.1) is 6.07 Å². The van der Waals surface area contributed by atoms with E-state index in [1.165, 1.54) is 0 Å². The molecule has 1 atom stereocenters. The summed E-state index contributed by atoms with van der Waals surface area (Å²) in [6.45, 7) is 3.95. The third-order valence-corrected chi connectivity index (χ3v) is 2.39. The van der Waals surface area contributed by atoms with Gasteiger partial charge in [0, 0.05) is 5.56 Å². The molecule has 0 aliphatic heterocycles.